The van der Waals surface area contributed by atoms with Crippen LogP contribution >= 0.6 is 15.9 Å². The zero-order valence-corrected chi connectivity index (χ0v) is 16.7. The lowest BCUT2D eigenvalue weighted by Gasteiger charge is -2.16. The molecule has 2 aromatic carbocycles. The summed E-state index contributed by atoms with van der Waals surface area (Å²) < 4.78 is 12.6. The first-order valence-corrected chi connectivity index (χ1v) is 9.27. The highest BCUT2D eigenvalue weighted by atomic mass is 79.9. The van der Waals surface area contributed by atoms with Gasteiger partial charge in [-0.1, -0.05) is 34.9 Å². The van der Waals surface area contributed by atoms with Crippen LogP contribution in [0.1, 0.15) is 23.6 Å². The Morgan fingerprint density at radius 1 is 1.15 bits per heavy atom. The third-order valence-corrected chi connectivity index (χ3v) is 4.39. The van der Waals surface area contributed by atoms with Gasteiger partial charge in [0.15, 0.2) is 11.5 Å². The quantitative estimate of drug-likeness (QED) is 0.563. The zero-order chi connectivity index (χ0) is 19.2. The number of tetrazole rings is 1. The fourth-order valence-corrected chi connectivity index (χ4v) is 3.04. The van der Waals surface area contributed by atoms with Crippen LogP contribution in [0.5, 0.6) is 11.5 Å². The molecule has 0 atom stereocenters. The number of rotatable bonds is 8. The first-order valence-electron chi connectivity index (χ1n) is 8.48. The van der Waals surface area contributed by atoms with Crippen molar-refractivity contribution < 1.29 is 9.47 Å². The molecule has 3 rings (SSSR count). The van der Waals surface area contributed by atoms with Gasteiger partial charge in [0, 0.05) is 0 Å². The van der Waals surface area contributed by atoms with Gasteiger partial charge in [-0.15, -0.1) is 4.79 Å². The predicted molar refractivity (Wildman–Crippen MR) is 106 cm³/mol. The normalized spacial score (nSPS) is 10.6. The Balaban J connectivity index is 1.74. The maximum Gasteiger partial charge on any atom is 0.260 e. The number of aromatic nitrogens is 4. The minimum atomic E-state index is 0.192. The number of hydrogen-bond donors (Lipinski definition) is 2. The number of ether oxygens (including phenoxy) is 2. The van der Waals surface area contributed by atoms with E-state index in [4.69, 9.17) is 15.2 Å². The molecule has 0 saturated carbocycles. The van der Waals surface area contributed by atoms with Crippen molar-refractivity contribution >= 4 is 21.9 Å². The van der Waals surface area contributed by atoms with Crippen molar-refractivity contribution in [2.75, 3.05) is 17.8 Å². The number of nitrogens with one attached hydrogen (secondary N) is 1. The number of halogens is 1. The topological polar surface area (TPSA) is 100 Å². The molecule has 27 heavy (non-hydrogen) atoms. The van der Waals surface area contributed by atoms with Gasteiger partial charge in [0.2, 0.25) is 0 Å². The SMILES string of the molecule is CCOc1cc(CNn2nnnc2N)cc(Br)c1OCc1ccc(C)cc1. The summed E-state index contributed by atoms with van der Waals surface area (Å²) in [5.41, 5.74) is 11.9. The highest BCUT2D eigenvalue weighted by Crippen LogP contribution is 2.37. The average Bonchev–Trinajstić information content (AvgIpc) is 3.06. The maximum atomic E-state index is 6.02. The van der Waals surface area contributed by atoms with Crippen molar-refractivity contribution in [3.63, 3.8) is 0 Å². The number of nitrogen functional groups attached to an aromatic ring is 1. The third-order valence-electron chi connectivity index (χ3n) is 3.80. The second-order valence-electron chi connectivity index (χ2n) is 5.90. The van der Waals surface area contributed by atoms with Crippen molar-refractivity contribution in [3.05, 3.63) is 57.6 Å². The first-order chi connectivity index (χ1) is 13.1. The van der Waals surface area contributed by atoms with E-state index in [0.29, 0.717) is 31.3 Å². The van der Waals surface area contributed by atoms with Gasteiger partial charge in [-0.25, -0.2) is 0 Å². The molecule has 3 aromatic rings. The molecule has 9 heteroatoms. The van der Waals surface area contributed by atoms with Crippen LogP contribution in [0.15, 0.2) is 40.9 Å². The largest absolute Gasteiger partial charge is 0.490 e. The number of nitrogens with zero attached hydrogens (tertiary/aromatic N) is 4. The van der Waals surface area contributed by atoms with Crippen LogP contribution in [0.3, 0.4) is 0 Å². The van der Waals surface area contributed by atoms with E-state index in [2.05, 4.69) is 68.1 Å². The molecule has 1 heterocycles. The molecule has 3 N–H and O–H groups in total. The van der Waals surface area contributed by atoms with Gasteiger partial charge in [-0.2, -0.15) is 0 Å². The lowest BCUT2D eigenvalue weighted by molar-refractivity contribution is 0.267. The van der Waals surface area contributed by atoms with E-state index in [1.807, 2.05) is 19.1 Å². The summed E-state index contributed by atoms with van der Waals surface area (Å²) in [5.74, 6) is 1.53. The number of anilines is 1. The van der Waals surface area contributed by atoms with Gasteiger partial charge < -0.3 is 20.6 Å². The van der Waals surface area contributed by atoms with Crippen LogP contribution in [0.4, 0.5) is 5.95 Å². The number of benzene rings is 2. The van der Waals surface area contributed by atoms with Crippen LogP contribution in [0.2, 0.25) is 0 Å². The van der Waals surface area contributed by atoms with E-state index in [1.165, 1.54) is 10.4 Å². The molecular formula is C18H21BrN6O2. The van der Waals surface area contributed by atoms with Gasteiger partial charge in [0.25, 0.3) is 5.95 Å². The van der Waals surface area contributed by atoms with E-state index >= 15 is 0 Å². The number of aryl methyl sites for hydroxylation is 1. The summed E-state index contributed by atoms with van der Waals surface area (Å²) in [6, 6.07) is 12.1. The fraction of sp³-hybridized carbons (Fsp3) is 0.278. The summed E-state index contributed by atoms with van der Waals surface area (Å²) in [6.07, 6.45) is 0. The summed E-state index contributed by atoms with van der Waals surface area (Å²) in [7, 11) is 0. The highest BCUT2D eigenvalue weighted by molar-refractivity contribution is 9.10. The van der Waals surface area contributed by atoms with E-state index in [1.54, 1.807) is 0 Å². The molecule has 0 fully saturated rings. The summed E-state index contributed by atoms with van der Waals surface area (Å²) in [6.45, 7) is 5.45. The van der Waals surface area contributed by atoms with Crippen LogP contribution < -0.4 is 20.6 Å². The Hall–Kier alpha value is -2.81. The predicted octanol–water partition coefficient (Wildman–Crippen LogP) is 3.05. The Morgan fingerprint density at radius 2 is 1.93 bits per heavy atom. The molecule has 0 aliphatic heterocycles. The maximum absolute atomic E-state index is 6.02. The Labute approximate surface area is 165 Å². The van der Waals surface area contributed by atoms with E-state index in [-0.39, 0.29) is 5.95 Å². The lowest BCUT2D eigenvalue weighted by atomic mass is 10.1. The minimum Gasteiger partial charge on any atom is -0.490 e. The van der Waals surface area contributed by atoms with Gasteiger partial charge >= 0.3 is 0 Å². The molecule has 0 unspecified atom stereocenters. The van der Waals surface area contributed by atoms with Crippen molar-refractivity contribution in [3.8, 4) is 11.5 Å². The lowest BCUT2D eigenvalue weighted by Crippen LogP contribution is -2.18. The molecule has 0 aliphatic rings. The van der Waals surface area contributed by atoms with E-state index in [9.17, 15) is 0 Å². The van der Waals surface area contributed by atoms with Crippen molar-refractivity contribution in [1.29, 1.82) is 0 Å². The first kappa shape index (κ1) is 19.0. The van der Waals surface area contributed by atoms with Gasteiger partial charge in [-0.3, -0.25) is 0 Å². The van der Waals surface area contributed by atoms with Gasteiger partial charge in [0.1, 0.15) is 6.61 Å². The van der Waals surface area contributed by atoms with Gasteiger partial charge in [0.05, 0.1) is 17.6 Å². The molecule has 0 spiro atoms. The Morgan fingerprint density at radius 3 is 2.59 bits per heavy atom. The molecule has 0 radical (unpaired) electrons. The summed E-state index contributed by atoms with van der Waals surface area (Å²) in [5, 5.41) is 10.9. The Kier molecular flexibility index (Phi) is 6.12. The molecular weight excluding hydrogens is 412 g/mol. The molecule has 0 saturated heterocycles. The number of nitrogens with two attached hydrogens (primary N) is 1. The highest BCUT2D eigenvalue weighted by Gasteiger charge is 2.13. The third kappa shape index (κ3) is 4.88. The molecule has 142 valence electrons. The fourth-order valence-electron chi connectivity index (χ4n) is 2.44. The van der Waals surface area contributed by atoms with E-state index in [0.717, 1.165) is 15.6 Å². The molecule has 0 amide bonds. The van der Waals surface area contributed by atoms with Crippen LogP contribution in [-0.4, -0.2) is 26.9 Å². The standard InChI is InChI=1S/C18H21BrN6O2/c1-3-26-16-9-14(10-21-25-18(20)22-23-24-25)8-15(19)17(16)27-11-13-6-4-12(2)5-7-13/h4-9,21H,3,10-11H2,1-2H3,(H2,20,22,24). The van der Waals surface area contributed by atoms with Crippen molar-refractivity contribution in [2.45, 2.75) is 27.0 Å². The smallest absolute Gasteiger partial charge is 0.260 e. The molecule has 1 aromatic heterocycles. The number of hydrogen-bond acceptors (Lipinski definition) is 7. The van der Waals surface area contributed by atoms with E-state index < -0.39 is 0 Å². The van der Waals surface area contributed by atoms with Crippen LogP contribution in [0.25, 0.3) is 0 Å². The van der Waals surface area contributed by atoms with Crippen molar-refractivity contribution in [1.82, 2.24) is 20.3 Å². The summed E-state index contributed by atoms with van der Waals surface area (Å²) >= 11 is 3.58. The molecule has 0 aliphatic carbocycles. The average molecular weight is 433 g/mol. The zero-order valence-electron chi connectivity index (χ0n) is 15.1. The van der Waals surface area contributed by atoms with Crippen LogP contribution in [-0.2, 0) is 13.2 Å². The summed E-state index contributed by atoms with van der Waals surface area (Å²) in [4.78, 5) is 1.32. The second-order valence-corrected chi connectivity index (χ2v) is 6.75. The van der Waals surface area contributed by atoms with Crippen molar-refractivity contribution in [2.24, 2.45) is 0 Å². The van der Waals surface area contributed by atoms with Gasteiger partial charge in [-0.05, 0) is 63.5 Å². The Bertz CT molecular complexity index is 897. The molecule has 8 nitrogen and oxygen atoms in total. The van der Waals surface area contributed by atoms with Crippen LogP contribution in [0, 0.1) is 6.92 Å². The molecule has 0 bridgehead atoms. The minimum absolute atomic E-state index is 0.192. The second kappa shape index (κ2) is 8.72. The monoisotopic (exact) mass is 432 g/mol.